The number of amides is 2. The lowest BCUT2D eigenvalue weighted by atomic mass is 9.66. The Labute approximate surface area is 120 Å². The van der Waals surface area contributed by atoms with Crippen LogP contribution in [0.15, 0.2) is 0 Å². The third-order valence-corrected chi connectivity index (χ3v) is 4.93. The van der Waals surface area contributed by atoms with Crippen LogP contribution in [-0.4, -0.2) is 41.6 Å². The number of hydrogen-bond donors (Lipinski definition) is 2. The van der Waals surface area contributed by atoms with E-state index in [1.165, 1.54) is 19.3 Å². The molecule has 0 aliphatic heterocycles. The first-order valence-corrected chi connectivity index (χ1v) is 7.79. The van der Waals surface area contributed by atoms with Gasteiger partial charge in [0.05, 0.1) is 6.42 Å². The highest BCUT2D eigenvalue weighted by Crippen LogP contribution is 2.43. The van der Waals surface area contributed by atoms with Crippen LogP contribution in [0.3, 0.4) is 0 Å². The largest absolute Gasteiger partial charge is 0.481 e. The molecule has 20 heavy (non-hydrogen) atoms. The second-order valence-corrected chi connectivity index (χ2v) is 6.42. The van der Waals surface area contributed by atoms with Crippen molar-refractivity contribution in [1.29, 1.82) is 0 Å². The zero-order chi connectivity index (χ0) is 14.6. The minimum absolute atomic E-state index is 0.0314. The van der Waals surface area contributed by atoms with E-state index in [9.17, 15) is 9.59 Å². The van der Waals surface area contributed by atoms with E-state index in [4.69, 9.17) is 5.11 Å². The van der Waals surface area contributed by atoms with Crippen LogP contribution in [0.5, 0.6) is 0 Å². The van der Waals surface area contributed by atoms with Crippen LogP contribution in [0.4, 0.5) is 4.79 Å². The van der Waals surface area contributed by atoms with Crippen LogP contribution < -0.4 is 5.32 Å². The summed E-state index contributed by atoms with van der Waals surface area (Å²) in [5, 5.41) is 11.9. The average molecular weight is 282 g/mol. The molecule has 114 valence electrons. The van der Waals surface area contributed by atoms with E-state index in [1.54, 1.807) is 0 Å². The van der Waals surface area contributed by atoms with Crippen molar-refractivity contribution in [1.82, 2.24) is 10.2 Å². The van der Waals surface area contributed by atoms with Crippen molar-refractivity contribution < 1.29 is 14.7 Å². The summed E-state index contributed by atoms with van der Waals surface area (Å²) in [6.07, 6.45) is 6.80. The number of carbonyl (C=O) groups excluding carboxylic acids is 1. The Morgan fingerprint density at radius 1 is 1.30 bits per heavy atom. The van der Waals surface area contributed by atoms with Crippen LogP contribution in [0, 0.1) is 11.3 Å². The van der Waals surface area contributed by atoms with Gasteiger partial charge in [-0.25, -0.2) is 4.79 Å². The summed E-state index contributed by atoms with van der Waals surface area (Å²) < 4.78 is 0. The average Bonchev–Trinajstić information content (AvgIpc) is 2.30. The molecule has 0 aromatic heterocycles. The quantitative estimate of drug-likeness (QED) is 0.753. The molecule has 0 spiro atoms. The van der Waals surface area contributed by atoms with Crippen LogP contribution in [0.2, 0.25) is 0 Å². The Morgan fingerprint density at radius 2 is 2.00 bits per heavy atom. The third-order valence-electron chi connectivity index (χ3n) is 4.93. The minimum Gasteiger partial charge on any atom is -0.481 e. The Kier molecular flexibility index (Phi) is 4.89. The van der Waals surface area contributed by atoms with Gasteiger partial charge in [-0.3, -0.25) is 4.79 Å². The predicted molar refractivity (Wildman–Crippen MR) is 76.5 cm³/mol. The normalized spacial score (nSPS) is 20.6. The molecular weight excluding hydrogens is 256 g/mol. The number of carbonyl (C=O) groups is 2. The van der Waals surface area contributed by atoms with Gasteiger partial charge in [0.15, 0.2) is 0 Å². The number of nitrogens with zero attached hydrogens (tertiary/aromatic N) is 1. The van der Waals surface area contributed by atoms with Crippen molar-refractivity contribution in [2.75, 3.05) is 19.6 Å². The maximum Gasteiger partial charge on any atom is 0.317 e. The van der Waals surface area contributed by atoms with Gasteiger partial charge in [0.25, 0.3) is 0 Å². The van der Waals surface area contributed by atoms with Gasteiger partial charge in [-0.2, -0.15) is 0 Å². The Balaban J connectivity index is 1.78. The molecule has 0 aromatic carbocycles. The van der Waals surface area contributed by atoms with Crippen LogP contribution in [-0.2, 0) is 4.79 Å². The Hall–Kier alpha value is -1.26. The van der Waals surface area contributed by atoms with Gasteiger partial charge in [0.2, 0.25) is 0 Å². The van der Waals surface area contributed by atoms with Crippen molar-refractivity contribution in [3.63, 3.8) is 0 Å². The van der Waals surface area contributed by atoms with Gasteiger partial charge >= 0.3 is 12.0 Å². The van der Waals surface area contributed by atoms with Crippen molar-refractivity contribution in [2.45, 2.75) is 51.9 Å². The molecule has 2 amide bonds. The maximum atomic E-state index is 12.2. The fourth-order valence-corrected chi connectivity index (χ4v) is 3.13. The molecule has 2 aliphatic rings. The van der Waals surface area contributed by atoms with E-state index in [2.05, 4.69) is 5.32 Å². The van der Waals surface area contributed by atoms with E-state index in [-0.39, 0.29) is 17.9 Å². The number of urea groups is 1. The second-order valence-electron chi connectivity index (χ2n) is 6.42. The summed E-state index contributed by atoms with van der Waals surface area (Å²) in [6, 6.07) is -0.0314. The van der Waals surface area contributed by atoms with Crippen molar-refractivity contribution >= 4 is 12.0 Å². The lowest BCUT2D eigenvalue weighted by Gasteiger charge is -2.41. The van der Waals surface area contributed by atoms with Gasteiger partial charge in [0, 0.05) is 19.6 Å². The zero-order valence-corrected chi connectivity index (χ0v) is 12.4. The summed E-state index contributed by atoms with van der Waals surface area (Å²) in [5.41, 5.74) is -0.197. The van der Waals surface area contributed by atoms with E-state index < -0.39 is 5.97 Å². The van der Waals surface area contributed by atoms with Gasteiger partial charge in [-0.1, -0.05) is 12.8 Å². The van der Waals surface area contributed by atoms with E-state index in [1.807, 2.05) is 11.8 Å². The Morgan fingerprint density at radius 3 is 2.40 bits per heavy atom. The molecule has 0 radical (unpaired) electrons. The first-order valence-electron chi connectivity index (χ1n) is 7.79. The highest BCUT2D eigenvalue weighted by molar-refractivity contribution is 5.74. The van der Waals surface area contributed by atoms with Crippen LogP contribution in [0.25, 0.3) is 0 Å². The van der Waals surface area contributed by atoms with Gasteiger partial charge in [-0.15, -0.1) is 0 Å². The molecule has 0 saturated heterocycles. The number of aliphatic carboxylic acids is 1. The fourth-order valence-electron chi connectivity index (χ4n) is 3.13. The molecule has 2 aliphatic carbocycles. The molecule has 2 saturated carbocycles. The third kappa shape index (κ3) is 3.64. The van der Waals surface area contributed by atoms with Crippen molar-refractivity contribution in [2.24, 2.45) is 11.3 Å². The van der Waals surface area contributed by atoms with E-state index in [0.717, 1.165) is 25.8 Å². The lowest BCUT2D eigenvalue weighted by molar-refractivity contribution is -0.141. The first-order chi connectivity index (χ1) is 9.54. The highest BCUT2D eigenvalue weighted by Gasteiger charge is 2.39. The smallest absolute Gasteiger partial charge is 0.317 e. The molecule has 2 fully saturated rings. The summed E-state index contributed by atoms with van der Waals surface area (Å²) >= 11 is 0. The molecule has 0 heterocycles. The summed E-state index contributed by atoms with van der Waals surface area (Å²) in [7, 11) is 0. The topological polar surface area (TPSA) is 69.6 Å². The standard InChI is InChI=1S/C15H26N2O3/c1-2-17(10-12-5-3-6-12)14(20)16-11-15(7-4-8-15)9-13(18)19/h12H,2-11H2,1H3,(H,16,20)(H,18,19). The first kappa shape index (κ1) is 15.1. The van der Waals surface area contributed by atoms with Crippen LogP contribution in [0.1, 0.15) is 51.9 Å². The Bertz CT molecular complexity index is 362. The summed E-state index contributed by atoms with van der Waals surface area (Å²) in [4.78, 5) is 25.0. The maximum absolute atomic E-state index is 12.2. The van der Waals surface area contributed by atoms with Crippen molar-refractivity contribution in [3.8, 4) is 0 Å². The molecule has 0 bridgehead atoms. The monoisotopic (exact) mass is 282 g/mol. The van der Waals surface area contributed by atoms with Gasteiger partial charge in [-0.05, 0) is 43.9 Å². The number of rotatable bonds is 7. The number of hydrogen-bond acceptors (Lipinski definition) is 2. The molecular formula is C15H26N2O3. The van der Waals surface area contributed by atoms with E-state index >= 15 is 0 Å². The SMILES string of the molecule is CCN(CC1CCC1)C(=O)NCC1(CC(=O)O)CCC1. The molecule has 2 rings (SSSR count). The highest BCUT2D eigenvalue weighted by atomic mass is 16.4. The number of carboxylic acids is 1. The summed E-state index contributed by atoms with van der Waals surface area (Å²) in [6.45, 7) is 4.05. The summed E-state index contributed by atoms with van der Waals surface area (Å²) in [5.74, 6) is -0.0989. The number of nitrogens with one attached hydrogen (secondary N) is 1. The number of carboxylic acid groups (broad SMARTS) is 1. The van der Waals surface area contributed by atoms with Crippen LogP contribution >= 0.6 is 0 Å². The molecule has 5 nitrogen and oxygen atoms in total. The van der Waals surface area contributed by atoms with Crippen molar-refractivity contribution in [3.05, 3.63) is 0 Å². The molecule has 0 aromatic rings. The molecule has 5 heteroatoms. The van der Waals surface area contributed by atoms with Gasteiger partial charge in [0.1, 0.15) is 0 Å². The lowest BCUT2D eigenvalue weighted by Crippen LogP contribution is -2.49. The molecule has 0 atom stereocenters. The minimum atomic E-state index is -0.763. The van der Waals surface area contributed by atoms with Gasteiger partial charge < -0.3 is 15.3 Å². The second kappa shape index (κ2) is 6.46. The fraction of sp³-hybridized carbons (Fsp3) is 0.867. The molecule has 0 unspecified atom stereocenters. The predicted octanol–water partition coefficient (Wildman–Crippen LogP) is 2.46. The zero-order valence-electron chi connectivity index (χ0n) is 12.4. The van der Waals surface area contributed by atoms with E-state index in [0.29, 0.717) is 19.0 Å². The molecule has 2 N–H and O–H groups in total.